The maximum Gasteiger partial charge on any atom is 0.293 e. The molecule has 1 aromatic carbocycles. The van der Waals surface area contributed by atoms with E-state index in [2.05, 4.69) is 20.5 Å². The zero-order chi connectivity index (χ0) is 19.2. The van der Waals surface area contributed by atoms with Gasteiger partial charge >= 0.3 is 0 Å². The largest absolute Gasteiger partial charge is 0.496 e. The molecule has 3 rings (SSSR count). The summed E-state index contributed by atoms with van der Waals surface area (Å²) in [4.78, 5) is 14.4. The highest BCUT2D eigenvalue weighted by molar-refractivity contribution is 6.33. The molecule has 1 aliphatic heterocycles. The van der Waals surface area contributed by atoms with Crippen LogP contribution in [0.25, 0.3) is 0 Å². The SMILES string of the molecule is COc1ccc(/C=N\NC(=O)c2nn(C)cc2Cl)cc1CN1CCOCC1. The van der Waals surface area contributed by atoms with E-state index < -0.39 is 5.91 Å². The van der Waals surface area contributed by atoms with Crippen molar-refractivity contribution in [2.45, 2.75) is 6.54 Å². The number of aryl methyl sites for hydroxylation is 1. The van der Waals surface area contributed by atoms with Gasteiger partial charge in [0.05, 0.1) is 31.6 Å². The van der Waals surface area contributed by atoms with Crippen LogP contribution in [0, 0.1) is 0 Å². The minimum absolute atomic E-state index is 0.138. The van der Waals surface area contributed by atoms with E-state index in [1.807, 2.05) is 18.2 Å². The van der Waals surface area contributed by atoms with Gasteiger partial charge in [0.2, 0.25) is 0 Å². The van der Waals surface area contributed by atoms with Crippen molar-refractivity contribution in [3.63, 3.8) is 0 Å². The monoisotopic (exact) mass is 391 g/mol. The van der Waals surface area contributed by atoms with Crippen LogP contribution < -0.4 is 10.2 Å². The number of ether oxygens (including phenoxy) is 2. The van der Waals surface area contributed by atoms with E-state index in [9.17, 15) is 4.79 Å². The predicted molar refractivity (Wildman–Crippen MR) is 102 cm³/mol. The Morgan fingerprint density at radius 1 is 1.44 bits per heavy atom. The molecule has 0 aliphatic carbocycles. The summed E-state index contributed by atoms with van der Waals surface area (Å²) >= 11 is 5.96. The molecule has 1 fully saturated rings. The zero-order valence-electron chi connectivity index (χ0n) is 15.3. The lowest BCUT2D eigenvalue weighted by atomic mass is 10.1. The third-order valence-corrected chi connectivity index (χ3v) is 4.46. The molecular formula is C18H22ClN5O3. The van der Waals surface area contributed by atoms with E-state index >= 15 is 0 Å². The minimum atomic E-state index is -0.459. The van der Waals surface area contributed by atoms with Gasteiger partial charge in [-0.1, -0.05) is 11.6 Å². The van der Waals surface area contributed by atoms with Crippen molar-refractivity contribution in [1.29, 1.82) is 0 Å². The zero-order valence-corrected chi connectivity index (χ0v) is 16.1. The average molecular weight is 392 g/mol. The number of methoxy groups -OCH3 is 1. The Kier molecular flexibility index (Phi) is 6.44. The third-order valence-electron chi connectivity index (χ3n) is 4.18. The topological polar surface area (TPSA) is 81.0 Å². The van der Waals surface area contributed by atoms with Crippen molar-refractivity contribution in [1.82, 2.24) is 20.1 Å². The molecule has 144 valence electrons. The smallest absolute Gasteiger partial charge is 0.293 e. The number of nitrogens with one attached hydrogen (secondary N) is 1. The van der Waals surface area contributed by atoms with Crippen molar-refractivity contribution in [3.05, 3.63) is 46.2 Å². The van der Waals surface area contributed by atoms with Crippen LogP contribution in [0.2, 0.25) is 5.02 Å². The summed E-state index contributed by atoms with van der Waals surface area (Å²) in [7, 11) is 3.35. The number of carbonyl (C=O) groups is 1. The van der Waals surface area contributed by atoms with E-state index in [-0.39, 0.29) is 10.7 Å². The summed E-state index contributed by atoms with van der Waals surface area (Å²) in [5.74, 6) is 0.363. The standard InChI is InChI=1S/C18H22ClN5O3/c1-23-12-15(19)17(22-23)18(25)21-20-10-13-3-4-16(26-2)14(9-13)11-24-5-7-27-8-6-24/h3-4,9-10,12H,5-8,11H2,1-2H3,(H,21,25)/b20-10-. The Morgan fingerprint density at radius 3 is 2.89 bits per heavy atom. The van der Waals surface area contributed by atoms with Gasteiger partial charge in [-0.05, 0) is 23.8 Å². The number of benzene rings is 1. The van der Waals surface area contributed by atoms with Crippen LogP contribution in [-0.2, 0) is 18.3 Å². The van der Waals surface area contributed by atoms with Crippen LogP contribution in [0.3, 0.4) is 0 Å². The van der Waals surface area contributed by atoms with Gasteiger partial charge in [-0.2, -0.15) is 10.2 Å². The van der Waals surface area contributed by atoms with Crippen LogP contribution in [0.5, 0.6) is 5.75 Å². The van der Waals surface area contributed by atoms with Gasteiger partial charge in [0, 0.05) is 38.4 Å². The van der Waals surface area contributed by atoms with E-state index in [1.54, 1.807) is 26.6 Å². The van der Waals surface area contributed by atoms with Crippen LogP contribution in [0.15, 0.2) is 29.5 Å². The first-order valence-electron chi connectivity index (χ1n) is 8.56. The molecule has 1 aliphatic rings. The third kappa shape index (κ3) is 5.06. The Morgan fingerprint density at radius 2 is 2.22 bits per heavy atom. The fourth-order valence-electron chi connectivity index (χ4n) is 2.83. The number of morpholine rings is 1. The highest BCUT2D eigenvalue weighted by atomic mass is 35.5. The first-order chi connectivity index (χ1) is 13.1. The highest BCUT2D eigenvalue weighted by Gasteiger charge is 2.15. The van der Waals surface area contributed by atoms with Gasteiger partial charge in [0.25, 0.3) is 5.91 Å². The van der Waals surface area contributed by atoms with Gasteiger partial charge in [0.15, 0.2) is 5.69 Å². The molecule has 8 nitrogen and oxygen atoms in total. The second-order valence-electron chi connectivity index (χ2n) is 6.16. The molecule has 0 radical (unpaired) electrons. The fourth-order valence-corrected chi connectivity index (χ4v) is 3.10. The van der Waals surface area contributed by atoms with Crippen molar-refractivity contribution < 1.29 is 14.3 Å². The molecule has 0 spiro atoms. The normalized spacial score (nSPS) is 15.2. The van der Waals surface area contributed by atoms with Gasteiger partial charge in [0.1, 0.15) is 5.75 Å². The lowest BCUT2D eigenvalue weighted by Gasteiger charge is -2.27. The Labute approximate surface area is 162 Å². The lowest BCUT2D eigenvalue weighted by molar-refractivity contribution is 0.0339. The van der Waals surface area contributed by atoms with Crippen molar-refractivity contribution in [2.24, 2.45) is 12.1 Å². The van der Waals surface area contributed by atoms with Crippen LogP contribution in [-0.4, -0.2) is 60.2 Å². The Bertz CT molecular complexity index is 830. The van der Waals surface area contributed by atoms with E-state index in [0.29, 0.717) is 0 Å². The van der Waals surface area contributed by atoms with Crippen molar-refractivity contribution in [2.75, 3.05) is 33.4 Å². The maximum absolute atomic E-state index is 12.1. The lowest BCUT2D eigenvalue weighted by Crippen LogP contribution is -2.35. The molecule has 1 N–H and O–H groups in total. The second-order valence-corrected chi connectivity index (χ2v) is 6.57. The summed E-state index contributed by atoms with van der Waals surface area (Å²) in [6, 6.07) is 5.78. The first kappa shape index (κ1) is 19.3. The van der Waals surface area contributed by atoms with Gasteiger partial charge in [-0.3, -0.25) is 14.4 Å². The summed E-state index contributed by atoms with van der Waals surface area (Å²) in [6.07, 6.45) is 3.14. The minimum Gasteiger partial charge on any atom is -0.496 e. The number of nitrogens with zero attached hydrogens (tertiary/aromatic N) is 4. The number of hydrogen-bond acceptors (Lipinski definition) is 6. The molecule has 1 aromatic heterocycles. The fraction of sp³-hybridized carbons (Fsp3) is 0.389. The van der Waals surface area contributed by atoms with Gasteiger partial charge in [-0.15, -0.1) is 0 Å². The molecule has 2 heterocycles. The molecule has 0 saturated carbocycles. The first-order valence-corrected chi connectivity index (χ1v) is 8.94. The maximum atomic E-state index is 12.1. The molecule has 0 atom stereocenters. The molecular weight excluding hydrogens is 370 g/mol. The van der Waals surface area contributed by atoms with E-state index in [1.165, 1.54) is 4.68 Å². The van der Waals surface area contributed by atoms with Gasteiger partial charge < -0.3 is 9.47 Å². The molecule has 1 saturated heterocycles. The second kappa shape index (κ2) is 8.98. The quantitative estimate of drug-likeness (QED) is 0.598. The molecule has 27 heavy (non-hydrogen) atoms. The van der Waals surface area contributed by atoms with Crippen LogP contribution >= 0.6 is 11.6 Å². The summed E-state index contributed by atoms with van der Waals surface area (Å²) in [6.45, 7) is 4.03. The average Bonchev–Trinajstić information content (AvgIpc) is 3.01. The number of hydrazone groups is 1. The molecule has 9 heteroatoms. The van der Waals surface area contributed by atoms with Crippen LogP contribution in [0.1, 0.15) is 21.6 Å². The Hall–Kier alpha value is -2.42. The van der Waals surface area contributed by atoms with E-state index in [0.717, 1.165) is 49.7 Å². The number of aromatic nitrogens is 2. The van der Waals surface area contributed by atoms with Gasteiger partial charge in [-0.25, -0.2) is 5.43 Å². The number of amides is 1. The summed E-state index contributed by atoms with van der Waals surface area (Å²) < 4.78 is 12.3. The van der Waals surface area contributed by atoms with Crippen molar-refractivity contribution >= 4 is 23.7 Å². The molecule has 1 amide bonds. The van der Waals surface area contributed by atoms with Crippen LogP contribution in [0.4, 0.5) is 0 Å². The number of hydrogen-bond donors (Lipinski definition) is 1. The summed E-state index contributed by atoms with van der Waals surface area (Å²) in [5.41, 5.74) is 4.49. The number of carbonyl (C=O) groups excluding carboxylic acids is 1. The molecule has 0 bridgehead atoms. The number of rotatable bonds is 6. The predicted octanol–water partition coefficient (Wildman–Crippen LogP) is 1.68. The van der Waals surface area contributed by atoms with E-state index in [4.69, 9.17) is 21.1 Å². The number of halogens is 1. The Balaban J connectivity index is 1.67. The summed E-state index contributed by atoms with van der Waals surface area (Å²) in [5, 5.41) is 8.29. The van der Waals surface area contributed by atoms with Crippen molar-refractivity contribution in [3.8, 4) is 5.75 Å². The highest BCUT2D eigenvalue weighted by Crippen LogP contribution is 2.21. The molecule has 0 unspecified atom stereocenters. The molecule has 2 aromatic rings.